The van der Waals surface area contributed by atoms with Crippen molar-refractivity contribution in [3.63, 3.8) is 0 Å². The Labute approximate surface area is 122 Å². The van der Waals surface area contributed by atoms with Crippen LogP contribution in [0.2, 0.25) is 5.02 Å². The molecule has 5 heteroatoms. The summed E-state index contributed by atoms with van der Waals surface area (Å²) in [5.74, 6) is -0.156. The average Bonchev–Trinajstić information content (AvgIpc) is 2.46. The maximum Gasteiger partial charge on any atom is 0.304 e. The van der Waals surface area contributed by atoms with Gasteiger partial charge in [-0.1, -0.05) is 36.4 Å². The van der Waals surface area contributed by atoms with Gasteiger partial charge in [-0.25, -0.2) is 0 Å². The van der Waals surface area contributed by atoms with Gasteiger partial charge < -0.3 is 0 Å². The summed E-state index contributed by atoms with van der Waals surface area (Å²) < 4.78 is 1.78. The monoisotopic (exact) mass is 288 g/mol. The molecular formula is C15H15ClN3O+. The minimum absolute atomic E-state index is 0.156. The SMILES string of the molecule is C=C(NNC(=O)C[n+]1ccccc1)c1ccc(Cl)cc1. The third-order valence-corrected chi connectivity index (χ3v) is 2.90. The Hall–Kier alpha value is -2.33. The van der Waals surface area contributed by atoms with Crippen LogP contribution in [0.1, 0.15) is 5.56 Å². The van der Waals surface area contributed by atoms with Crippen LogP contribution in [0.3, 0.4) is 0 Å². The van der Waals surface area contributed by atoms with Gasteiger partial charge in [0.1, 0.15) is 0 Å². The number of carbonyl (C=O) groups is 1. The van der Waals surface area contributed by atoms with Crippen LogP contribution in [0, 0.1) is 0 Å². The van der Waals surface area contributed by atoms with Crippen molar-refractivity contribution in [3.8, 4) is 0 Å². The molecule has 2 rings (SSSR count). The quantitative estimate of drug-likeness (QED) is 0.652. The highest BCUT2D eigenvalue weighted by Crippen LogP contribution is 2.13. The molecule has 1 amide bonds. The van der Waals surface area contributed by atoms with Gasteiger partial charge in [0.2, 0.25) is 6.54 Å². The second-order valence-corrected chi connectivity index (χ2v) is 4.64. The average molecular weight is 289 g/mol. The molecule has 1 aromatic carbocycles. The highest BCUT2D eigenvalue weighted by Gasteiger charge is 2.08. The van der Waals surface area contributed by atoms with Crippen LogP contribution in [0.5, 0.6) is 0 Å². The van der Waals surface area contributed by atoms with Crippen LogP contribution in [0.15, 0.2) is 61.4 Å². The first-order valence-electron chi connectivity index (χ1n) is 6.09. The summed E-state index contributed by atoms with van der Waals surface area (Å²) in [6, 6.07) is 12.8. The third-order valence-electron chi connectivity index (χ3n) is 2.65. The maximum absolute atomic E-state index is 11.7. The fourth-order valence-electron chi connectivity index (χ4n) is 1.61. The van der Waals surface area contributed by atoms with Gasteiger partial charge in [0.15, 0.2) is 12.4 Å². The van der Waals surface area contributed by atoms with Gasteiger partial charge >= 0.3 is 5.91 Å². The van der Waals surface area contributed by atoms with Crippen molar-refractivity contribution >= 4 is 23.2 Å². The van der Waals surface area contributed by atoms with Gasteiger partial charge in [-0.2, -0.15) is 4.57 Å². The number of amides is 1. The number of pyridine rings is 1. The summed E-state index contributed by atoms with van der Waals surface area (Å²) in [5, 5.41) is 0.658. The predicted molar refractivity (Wildman–Crippen MR) is 78.4 cm³/mol. The summed E-state index contributed by atoms with van der Waals surface area (Å²) in [4.78, 5) is 11.7. The van der Waals surface area contributed by atoms with E-state index >= 15 is 0 Å². The molecule has 1 aromatic heterocycles. The normalized spacial score (nSPS) is 9.85. The molecule has 0 fully saturated rings. The number of benzene rings is 1. The maximum atomic E-state index is 11.7. The summed E-state index contributed by atoms with van der Waals surface area (Å²) in [6.45, 7) is 4.10. The standard InChI is InChI=1S/C15H14ClN3O/c1-12(13-5-7-14(16)8-6-13)17-18-15(20)11-19-9-3-2-4-10-19/h2-10,17H,1,11H2/p+1. The van der Waals surface area contributed by atoms with E-state index in [1.807, 2.05) is 42.7 Å². The van der Waals surface area contributed by atoms with Crippen LogP contribution < -0.4 is 15.4 Å². The van der Waals surface area contributed by atoms with Gasteiger partial charge in [-0.3, -0.25) is 15.6 Å². The van der Waals surface area contributed by atoms with Crippen molar-refractivity contribution in [2.45, 2.75) is 6.54 Å². The van der Waals surface area contributed by atoms with Gasteiger partial charge in [0, 0.05) is 17.2 Å². The van der Waals surface area contributed by atoms with E-state index in [-0.39, 0.29) is 12.5 Å². The van der Waals surface area contributed by atoms with Crippen molar-refractivity contribution in [2.24, 2.45) is 0 Å². The lowest BCUT2D eigenvalue weighted by atomic mass is 10.2. The lowest BCUT2D eigenvalue weighted by Crippen LogP contribution is -2.46. The Balaban J connectivity index is 1.84. The van der Waals surface area contributed by atoms with Gasteiger partial charge in [0.25, 0.3) is 0 Å². The molecule has 102 valence electrons. The number of nitrogens with one attached hydrogen (secondary N) is 2. The number of hydrogen-bond acceptors (Lipinski definition) is 2. The molecule has 0 saturated heterocycles. The highest BCUT2D eigenvalue weighted by atomic mass is 35.5. The van der Waals surface area contributed by atoms with Gasteiger partial charge in [-0.05, 0) is 17.7 Å². The van der Waals surface area contributed by atoms with Crippen LogP contribution in [-0.4, -0.2) is 5.91 Å². The molecule has 0 spiro atoms. The zero-order valence-electron chi connectivity index (χ0n) is 10.8. The summed E-state index contributed by atoms with van der Waals surface area (Å²) in [6.07, 6.45) is 3.65. The molecular weight excluding hydrogens is 274 g/mol. The molecule has 0 aliphatic rings. The Morgan fingerprint density at radius 2 is 1.75 bits per heavy atom. The van der Waals surface area contributed by atoms with E-state index in [4.69, 9.17) is 11.6 Å². The predicted octanol–water partition coefficient (Wildman–Crippen LogP) is 1.92. The fraction of sp³-hybridized carbons (Fsp3) is 0.0667. The zero-order chi connectivity index (χ0) is 14.4. The molecule has 0 bridgehead atoms. The first-order chi connectivity index (χ1) is 9.65. The molecule has 20 heavy (non-hydrogen) atoms. The third kappa shape index (κ3) is 4.10. The molecule has 4 nitrogen and oxygen atoms in total. The Morgan fingerprint density at radius 1 is 1.10 bits per heavy atom. The molecule has 0 unspecified atom stereocenters. The van der Waals surface area contributed by atoms with Crippen molar-refractivity contribution < 1.29 is 9.36 Å². The first kappa shape index (κ1) is 14.1. The van der Waals surface area contributed by atoms with Crippen LogP contribution >= 0.6 is 11.6 Å². The summed E-state index contributed by atoms with van der Waals surface area (Å²) in [7, 11) is 0. The summed E-state index contributed by atoms with van der Waals surface area (Å²) in [5.41, 5.74) is 6.86. The van der Waals surface area contributed by atoms with Crippen molar-refractivity contribution in [1.29, 1.82) is 0 Å². The number of carbonyl (C=O) groups excluding carboxylic acids is 1. The van der Waals surface area contributed by atoms with E-state index in [1.165, 1.54) is 0 Å². The Kier molecular flexibility index (Phi) is 4.74. The molecule has 1 heterocycles. The minimum atomic E-state index is -0.156. The summed E-state index contributed by atoms with van der Waals surface area (Å²) >= 11 is 5.81. The minimum Gasteiger partial charge on any atom is -0.298 e. The number of hydrogen-bond donors (Lipinski definition) is 2. The molecule has 0 radical (unpaired) electrons. The molecule has 2 aromatic rings. The Morgan fingerprint density at radius 3 is 2.40 bits per heavy atom. The van der Waals surface area contributed by atoms with E-state index in [0.717, 1.165) is 5.56 Å². The second-order valence-electron chi connectivity index (χ2n) is 4.21. The van der Waals surface area contributed by atoms with E-state index in [2.05, 4.69) is 17.4 Å². The number of halogens is 1. The van der Waals surface area contributed by atoms with Gasteiger partial charge in [-0.15, -0.1) is 0 Å². The lowest BCUT2D eigenvalue weighted by molar-refractivity contribution is -0.684. The number of aromatic nitrogens is 1. The van der Waals surface area contributed by atoms with Crippen LogP contribution in [0.4, 0.5) is 0 Å². The molecule has 0 atom stereocenters. The molecule has 0 saturated carbocycles. The molecule has 0 aliphatic carbocycles. The number of rotatable bonds is 5. The van der Waals surface area contributed by atoms with Crippen molar-refractivity contribution in [3.05, 3.63) is 72.0 Å². The zero-order valence-corrected chi connectivity index (χ0v) is 11.6. The molecule has 0 aliphatic heterocycles. The van der Waals surface area contributed by atoms with E-state index < -0.39 is 0 Å². The van der Waals surface area contributed by atoms with E-state index in [1.54, 1.807) is 16.7 Å². The van der Waals surface area contributed by atoms with Gasteiger partial charge in [0.05, 0.1) is 5.70 Å². The van der Waals surface area contributed by atoms with E-state index in [0.29, 0.717) is 10.7 Å². The lowest BCUT2D eigenvalue weighted by Gasteiger charge is -2.10. The second kappa shape index (κ2) is 6.73. The number of nitrogens with zero attached hydrogens (tertiary/aromatic N) is 1. The first-order valence-corrected chi connectivity index (χ1v) is 6.47. The number of hydrazine groups is 1. The van der Waals surface area contributed by atoms with Crippen LogP contribution in [-0.2, 0) is 11.3 Å². The van der Waals surface area contributed by atoms with E-state index in [9.17, 15) is 4.79 Å². The van der Waals surface area contributed by atoms with Crippen molar-refractivity contribution in [2.75, 3.05) is 0 Å². The Bertz CT molecular complexity index is 596. The smallest absolute Gasteiger partial charge is 0.298 e. The largest absolute Gasteiger partial charge is 0.304 e. The molecule has 2 N–H and O–H groups in total. The fourth-order valence-corrected chi connectivity index (χ4v) is 1.74. The highest BCUT2D eigenvalue weighted by molar-refractivity contribution is 6.30. The topological polar surface area (TPSA) is 45.0 Å². The van der Waals surface area contributed by atoms with Crippen molar-refractivity contribution in [1.82, 2.24) is 10.9 Å². The van der Waals surface area contributed by atoms with Crippen LogP contribution in [0.25, 0.3) is 5.70 Å².